The van der Waals surface area contributed by atoms with Gasteiger partial charge >= 0.3 is 0 Å². The van der Waals surface area contributed by atoms with Gasteiger partial charge in [0.15, 0.2) is 5.75 Å². The Labute approximate surface area is 97.2 Å². The number of benzene rings is 2. The molecular formula is C13H8FNO2. The highest BCUT2D eigenvalue weighted by Gasteiger charge is 2.03. The van der Waals surface area contributed by atoms with Crippen molar-refractivity contribution >= 4 is 11.8 Å². The molecule has 0 saturated carbocycles. The Bertz CT molecular complexity index is 560. The Morgan fingerprint density at radius 1 is 1.06 bits per heavy atom. The maximum atomic E-state index is 12.7. The molecule has 84 valence electrons. The van der Waals surface area contributed by atoms with Gasteiger partial charge in [0.1, 0.15) is 17.3 Å². The van der Waals surface area contributed by atoms with E-state index in [9.17, 15) is 9.18 Å². The summed E-state index contributed by atoms with van der Waals surface area (Å²) in [4.78, 5) is 13.7. The number of nitrogens with zero attached hydrogens (tertiary/aromatic N) is 1. The Kier molecular flexibility index (Phi) is 3.28. The number of para-hydroxylation sites is 2. The molecule has 0 bridgehead atoms. The van der Waals surface area contributed by atoms with E-state index in [1.807, 2.05) is 0 Å². The van der Waals surface area contributed by atoms with Gasteiger partial charge in [-0.25, -0.2) is 9.18 Å². The zero-order chi connectivity index (χ0) is 12.1. The molecule has 0 aliphatic rings. The van der Waals surface area contributed by atoms with Crippen molar-refractivity contribution in [2.75, 3.05) is 0 Å². The fourth-order valence-corrected chi connectivity index (χ4v) is 1.31. The van der Waals surface area contributed by atoms with E-state index in [1.54, 1.807) is 24.3 Å². The lowest BCUT2D eigenvalue weighted by molar-refractivity contribution is 0.481. The average molecular weight is 229 g/mol. The van der Waals surface area contributed by atoms with Crippen LogP contribution in [0.5, 0.6) is 11.5 Å². The van der Waals surface area contributed by atoms with Crippen LogP contribution in [0, 0.1) is 5.82 Å². The molecule has 17 heavy (non-hydrogen) atoms. The summed E-state index contributed by atoms with van der Waals surface area (Å²) in [6.07, 6.45) is 1.45. The lowest BCUT2D eigenvalue weighted by Gasteiger charge is -2.06. The summed E-state index contributed by atoms with van der Waals surface area (Å²) in [5.41, 5.74) is 0.381. The minimum Gasteiger partial charge on any atom is -0.455 e. The first kappa shape index (κ1) is 11.0. The molecule has 0 atom stereocenters. The van der Waals surface area contributed by atoms with Gasteiger partial charge in [0.2, 0.25) is 6.08 Å². The van der Waals surface area contributed by atoms with Crippen molar-refractivity contribution in [3.05, 3.63) is 54.3 Å². The van der Waals surface area contributed by atoms with Crippen LogP contribution in [-0.2, 0) is 4.79 Å². The molecule has 0 heterocycles. The molecule has 0 saturated heterocycles. The topological polar surface area (TPSA) is 38.7 Å². The monoisotopic (exact) mass is 229 g/mol. The maximum absolute atomic E-state index is 12.7. The molecule has 0 aliphatic carbocycles. The zero-order valence-electron chi connectivity index (χ0n) is 8.76. The first-order valence-electron chi connectivity index (χ1n) is 4.90. The van der Waals surface area contributed by atoms with Gasteiger partial charge in [0.05, 0.1) is 0 Å². The van der Waals surface area contributed by atoms with Gasteiger partial charge in [0, 0.05) is 0 Å². The van der Waals surface area contributed by atoms with Gasteiger partial charge < -0.3 is 4.74 Å². The van der Waals surface area contributed by atoms with Crippen molar-refractivity contribution in [2.24, 2.45) is 4.99 Å². The summed E-state index contributed by atoms with van der Waals surface area (Å²) in [6.45, 7) is 0. The lowest BCUT2D eigenvalue weighted by Crippen LogP contribution is -1.84. The summed E-state index contributed by atoms with van der Waals surface area (Å²) in [5.74, 6) is 0.555. The predicted octanol–water partition coefficient (Wildman–Crippen LogP) is 3.59. The zero-order valence-corrected chi connectivity index (χ0v) is 8.76. The van der Waals surface area contributed by atoms with Crippen LogP contribution < -0.4 is 4.74 Å². The van der Waals surface area contributed by atoms with E-state index in [2.05, 4.69) is 4.99 Å². The smallest absolute Gasteiger partial charge is 0.240 e. The van der Waals surface area contributed by atoms with Gasteiger partial charge in [-0.15, -0.1) is 0 Å². The van der Waals surface area contributed by atoms with Crippen LogP contribution in [0.15, 0.2) is 53.5 Å². The molecule has 3 nitrogen and oxygen atoms in total. The molecule has 0 radical (unpaired) electrons. The van der Waals surface area contributed by atoms with Crippen LogP contribution in [0.2, 0.25) is 0 Å². The van der Waals surface area contributed by atoms with E-state index < -0.39 is 0 Å². The Hall–Kier alpha value is -2.45. The number of rotatable bonds is 3. The molecule has 0 fully saturated rings. The van der Waals surface area contributed by atoms with E-state index in [1.165, 1.54) is 30.3 Å². The number of hydrogen-bond acceptors (Lipinski definition) is 3. The van der Waals surface area contributed by atoms with Gasteiger partial charge in [-0.1, -0.05) is 12.1 Å². The second-order valence-corrected chi connectivity index (χ2v) is 3.23. The largest absolute Gasteiger partial charge is 0.455 e. The first-order valence-corrected chi connectivity index (χ1v) is 4.90. The molecule has 2 aromatic rings. The van der Waals surface area contributed by atoms with Gasteiger partial charge in [-0.2, -0.15) is 4.99 Å². The van der Waals surface area contributed by atoms with Crippen LogP contribution in [0.1, 0.15) is 0 Å². The number of hydrogen-bond donors (Lipinski definition) is 0. The Morgan fingerprint density at radius 2 is 1.76 bits per heavy atom. The van der Waals surface area contributed by atoms with E-state index in [0.717, 1.165) is 0 Å². The second-order valence-electron chi connectivity index (χ2n) is 3.23. The minimum absolute atomic E-state index is 0.337. The van der Waals surface area contributed by atoms with Gasteiger partial charge in [0.25, 0.3) is 0 Å². The third-order valence-electron chi connectivity index (χ3n) is 2.07. The minimum atomic E-state index is -0.337. The second kappa shape index (κ2) is 5.05. The molecule has 0 amide bonds. The number of aliphatic imine (C=N–C) groups is 1. The van der Waals surface area contributed by atoms with Gasteiger partial charge in [-0.3, -0.25) is 0 Å². The van der Waals surface area contributed by atoms with Gasteiger partial charge in [-0.05, 0) is 36.4 Å². The number of isocyanates is 1. The Balaban J connectivity index is 2.29. The molecule has 0 unspecified atom stereocenters. The van der Waals surface area contributed by atoms with E-state index >= 15 is 0 Å². The third kappa shape index (κ3) is 2.77. The summed E-state index contributed by atoms with van der Waals surface area (Å²) in [6, 6.07) is 12.4. The lowest BCUT2D eigenvalue weighted by atomic mass is 10.3. The number of carbonyl (C=O) groups excluding carboxylic acids is 1. The summed E-state index contributed by atoms with van der Waals surface area (Å²) in [7, 11) is 0. The number of ether oxygens (including phenoxy) is 1. The summed E-state index contributed by atoms with van der Waals surface area (Å²) >= 11 is 0. The molecule has 0 N–H and O–H groups in total. The fraction of sp³-hybridized carbons (Fsp3) is 0. The molecule has 0 aliphatic heterocycles. The molecule has 0 aromatic heterocycles. The van der Waals surface area contributed by atoms with E-state index in [-0.39, 0.29) is 5.82 Å². The average Bonchev–Trinajstić information content (AvgIpc) is 2.35. The molecule has 0 spiro atoms. The SMILES string of the molecule is O=C=Nc1ccccc1Oc1ccc(F)cc1. The van der Waals surface area contributed by atoms with Crippen molar-refractivity contribution in [3.8, 4) is 11.5 Å². The van der Waals surface area contributed by atoms with Crippen molar-refractivity contribution in [1.82, 2.24) is 0 Å². The molecule has 2 aromatic carbocycles. The third-order valence-corrected chi connectivity index (χ3v) is 2.07. The standard InChI is InChI=1S/C13H8FNO2/c14-10-5-7-11(8-6-10)17-13-4-2-1-3-12(13)15-9-16/h1-8H. The number of halogens is 1. The van der Waals surface area contributed by atoms with Crippen molar-refractivity contribution in [1.29, 1.82) is 0 Å². The highest BCUT2D eigenvalue weighted by molar-refractivity contribution is 5.58. The van der Waals surface area contributed by atoms with E-state index in [4.69, 9.17) is 4.74 Å². The summed E-state index contributed by atoms with van der Waals surface area (Å²) < 4.78 is 18.2. The molecular weight excluding hydrogens is 221 g/mol. The van der Waals surface area contributed by atoms with Crippen LogP contribution in [0.3, 0.4) is 0 Å². The summed E-state index contributed by atoms with van der Waals surface area (Å²) in [5, 5.41) is 0. The Morgan fingerprint density at radius 3 is 2.47 bits per heavy atom. The molecule has 2 rings (SSSR count). The van der Waals surface area contributed by atoms with Crippen LogP contribution >= 0.6 is 0 Å². The van der Waals surface area contributed by atoms with E-state index in [0.29, 0.717) is 17.2 Å². The van der Waals surface area contributed by atoms with Crippen LogP contribution in [0.25, 0.3) is 0 Å². The predicted molar refractivity (Wildman–Crippen MR) is 60.7 cm³/mol. The van der Waals surface area contributed by atoms with Crippen molar-refractivity contribution < 1.29 is 13.9 Å². The highest BCUT2D eigenvalue weighted by Crippen LogP contribution is 2.30. The van der Waals surface area contributed by atoms with Crippen molar-refractivity contribution in [2.45, 2.75) is 0 Å². The highest BCUT2D eigenvalue weighted by atomic mass is 19.1. The quantitative estimate of drug-likeness (QED) is 0.596. The van der Waals surface area contributed by atoms with Crippen LogP contribution in [0.4, 0.5) is 10.1 Å². The molecule has 4 heteroatoms. The first-order chi connectivity index (χ1) is 8.29. The normalized spacial score (nSPS) is 9.47. The fourth-order valence-electron chi connectivity index (χ4n) is 1.31. The maximum Gasteiger partial charge on any atom is 0.240 e. The van der Waals surface area contributed by atoms with Crippen molar-refractivity contribution in [3.63, 3.8) is 0 Å². The van der Waals surface area contributed by atoms with Crippen LogP contribution in [-0.4, -0.2) is 6.08 Å².